The van der Waals surface area contributed by atoms with Gasteiger partial charge in [0.1, 0.15) is 18.1 Å². The summed E-state index contributed by atoms with van der Waals surface area (Å²) in [5.41, 5.74) is 4.57. The van der Waals surface area contributed by atoms with Gasteiger partial charge in [-0.2, -0.15) is 0 Å². The third-order valence-corrected chi connectivity index (χ3v) is 5.51. The molecule has 0 spiro atoms. The number of ether oxygens (including phenoxy) is 2. The van der Waals surface area contributed by atoms with Crippen LogP contribution in [0.1, 0.15) is 28.4 Å². The fourth-order valence-corrected chi connectivity index (χ4v) is 3.79. The van der Waals surface area contributed by atoms with E-state index in [0.29, 0.717) is 12.2 Å². The molecule has 0 aliphatic carbocycles. The molecule has 0 aromatic heterocycles. The Balaban J connectivity index is 1.28. The molecule has 160 valence electrons. The van der Waals surface area contributed by atoms with E-state index in [1.807, 2.05) is 55.5 Å². The van der Waals surface area contributed by atoms with E-state index in [-0.39, 0.29) is 11.9 Å². The minimum absolute atomic E-state index is 0.0936. The summed E-state index contributed by atoms with van der Waals surface area (Å²) in [5, 5.41) is 3.00. The van der Waals surface area contributed by atoms with Crippen molar-refractivity contribution in [2.75, 3.05) is 25.2 Å². The number of anilines is 1. The zero-order valence-electron chi connectivity index (χ0n) is 18.0. The number of benzene rings is 3. The molecule has 1 heterocycles. The summed E-state index contributed by atoms with van der Waals surface area (Å²) in [4.78, 5) is 15.0. The van der Waals surface area contributed by atoms with Gasteiger partial charge in [0.2, 0.25) is 0 Å². The molecule has 1 atom stereocenters. The smallest absolute Gasteiger partial charge is 0.251 e. The number of nitrogens with one attached hydrogen (secondary N) is 1. The highest BCUT2D eigenvalue weighted by Crippen LogP contribution is 2.28. The Bertz CT molecular complexity index is 1020. The van der Waals surface area contributed by atoms with Crippen LogP contribution in [0.5, 0.6) is 11.5 Å². The van der Waals surface area contributed by atoms with Crippen LogP contribution in [0.4, 0.5) is 5.69 Å². The van der Waals surface area contributed by atoms with Crippen LogP contribution in [0.3, 0.4) is 0 Å². The molecular formula is C26H28N2O3. The molecule has 0 saturated heterocycles. The van der Waals surface area contributed by atoms with E-state index in [0.717, 1.165) is 31.0 Å². The average Bonchev–Trinajstić information content (AvgIpc) is 3.21. The monoisotopic (exact) mass is 416 g/mol. The number of amides is 1. The van der Waals surface area contributed by atoms with Gasteiger partial charge in [-0.25, -0.2) is 0 Å². The standard InChI is InChI=1S/C26H28N2O3/c1-19(18-31-24-13-11-23(30-2)12-14-24)27-26(29)22-9-7-20(8-10-22)17-28-16-15-21-5-3-4-6-25(21)28/h3-14,19H,15-18H2,1-2H3,(H,27,29)/t19-/m1/s1. The summed E-state index contributed by atoms with van der Waals surface area (Å²) in [6.07, 6.45) is 1.09. The Morgan fingerprint density at radius 2 is 1.71 bits per heavy atom. The van der Waals surface area contributed by atoms with Gasteiger partial charge in [0, 0.05) is 24.3 Å². The van der Waals surface area contributed by atoms with Crippen molar-refractivity contribution in [1.29, 1.82) is 0 Å². The quantitative estimate of drug-likeness (QED) is 0.589. The first kappa shape index (κ1) is 20.8. The van der Waals surface area contributed by atoms with Crippen molar-refractivity contribution in [1.82, 2.24) is 5.32 Å². The lowest BCUT2D eigenvalue weighted by atomic mass is 10.1. The largest absolute Gasteiger partial charge is 0.497 e. The summed E-state index contributed by atoms with van der Waals surface area (Å²) in [6, 6.07) is 23.7. The van der Waals surface area contributed by atoms with Gasteiger partial charge in [0.15, 0.2) is 0 Å². The number of para-hydroxylation sites is 1. The molecule has 1 aliphatic heterocycles. The number of hydrogen-bond donors (Lipinski definition) is 1. The van der Waals surface area contributed by atoms with Gasteiger partial charge in [-0.3, -0.25) is 4.79 Å². The fourth-order valence-electron chi connectivity index (χ4n) is 3.79. The van der Waals surface area contributed by atoms with Gasteiger partial charge < -0.3 is 19.7 Å². The molecular weight excluding hydrogens is 388 g/mol. The molecule has 3 aromatic rings. The zero-order chi connectivity index (χ0) is 21.6. The van der Waals surface area contributed by atoms with Crippen molar-refractivity contribution < 1.29 is 14.3 Å². The van der Waals surface area contributed by atoms with E-state index in [1.165, 1.54) is 16.8 Å². The lowest BCUT2D eigenvalue weighted by molar-refractivity contribution is 0.0926. The SMILES string of the molecule is COc1ccc(OC[C@@H](C)NC(=O)c2ccc(CN3CCc4ccccc43)cc2)cc1. The second-order valence-electron chi connectivity index (χ2n) is 7.86. The molecule has 1 aliphatic rings. The van der Waals surface area contributed by atoms with Crippen molar-refractivity contribution >= 4 is 11.6 Å². The summed E-state index contributed by atoms with van der Waals surface area (Å²) in [5.74, 6) is 1.43. The summed E-state index contributed by atoms with van der Waals surface area (Å²) in [6.45, 7) is 4.21. The van der Waals surface area contributed by atoms with Gasteiger partial charge in [-0.1, -0.05) is 30.3 Å². The Kier molecular flexibility index (Phi) is 6.41. The van der Waals surface area contributed by atoms with Crippen LogP contribution >= 0.6 is 0 Å². The van der Waals surface area contributed by atoms with E-state index in [9.17, 15) is 4.79 Å². The van der Waals surface area contributed by atoms with Crippen molar-refractivity contribution in [3.8, 4) is 11.5 Å². The van der Waals surface area contributed by atoms with Crippen molar-refractivity contribution in [3.05, 3.63) is 89.5 Å². The highest BCUT2D eigenvalue weighted by Gasteiger charge is 2.18. The number of hydrogen-bond acceptors (Lipinski definition) is 4. The van der Waals surface area contributed by atoms with Gasteiger partial charge in [-0.05, 0) is 66.9 Å². The number of carbonyl (C=O) groups excluding carboxylic acids is 1. The van der Waals surface area contributed by atoms with E-state index < -0.39 is 0 Å². The molecule has 0 saturated carbocycles. The average molecular weight is 417 g/mol. The molecule has 31 heavy (non-hydrogen) atoms. The van der Waals surface area contributed by atoms with Crippen molar-refractivity contribution in [2.45, 2.75) is 25.9 Å². The Morgan fingerprint density at radius 3 is 2.45 bits per heavy atom. The van der Waals surface area contributed by atoms with E-state index in [1.54, 1.807) is 7.11 Å². The molecule has 0 unspecified atom stereocenters. The second-order valence-corrected chi connectivity index (χ2v) is 7.86. The Labute approximate surface area is 183 Å². The van der Waals surface area contributed by atoms with Gasteiger partial charge in [0.25, 0.3) is 5.91 Å². The molecule has 3 aromatic carbocycles. The van der Waals surface area contributed by atoms with Crippen LogP contribution in [0, 0.1) is 0 Å². The maximum Gasteiger partial charge on any atom is 0.251 e. The first-order chi connectivity index (χ1) is 15.1. The normalized spacial score (nSPS) is 13.4. The summed E-state index contributed by atoms with van der Waals surface area (Å²) >= 11 is 0. The van der Waals surface area contributed by atoms with Crippen LogP contribution in [-0.4, -0.2) is 32.2 Å². The predicted molar refractivity (Wildman–Crippen MR) is 123 cm³/mol. The molecule has 1 N–H and O–H groups in total. The molecule has 1 amide bonds. The maximum absolute atomic E-state index is 12.6. The highest BCUT2D eigenvalue weighted by molar-refractivity contribution is 5.94. The van der Waals surface area contributed by atoms with E-state index in [2.05, 4.69) is 34.5 Å². The predicted octanol–water partition coefficient (Wildman–Crippen LogP) is 4.46. The Hall–Kier alpha value is -3.47. The Morgan fingerprint density at radius 1 is 1.00 bits per heavy atom. The first-order valence-electron chi connectivity index (χ1n) is 10.6. The molecule has 0 fully saturated rings. The number of methoxy groups -OCH3 is 1. The van der Waals surface area contributed by atoms with Gasteiger partial charge in [0.05, 0.1) is 13.2 Å². The molecule has 5 heteroatoms. The highest BCUT2D eigenvalue weighted by atomic mass is 16.5. The van der Waals surface area contributed by atoms with Crippen molar-refractivity contribution in [3.63, 3.8) is 0 Å². The molecule has 4 rings (SSSR count). The first-order valence-corrected chi connectivity index (χ1v) is 10.6. The molecule has 0 bridgehead atoms. The van der Waals surface area contributed by atoms with E-state index in [4.69, 9.17) is 9.47 Å². The third kappa shape index (κ3) is 5.18. The van der Waals surface area contributed by atoms with Crippen molar-refractivity contribution in [2.24, 2.45) is 0 Å². The number of fused-ring (bicyclic) bond motifs is 1. The van der Waals surface area contributed by atoms with Crippen LogP contribution in [0.2, 0.25) is 0 Å². The van der Waals surface area contributed by atoms with E-state index >= 15 is 0 Å². The number of nitrogens with zero attached hydrogens (tertiary/aromatic N) is 1. The minimum atomic E-state index is -0.115. The summed E-state index contributed by atoms with van der Waals surface area (Å²) < 4.78 is 10.9. The number of carbonyl (C=O) groups is 1. The fraction of sp³-hybridized carbons (Fsp3) is 0.269. The topological polar surface area (TPSA) is 50.8 Å². The summed E-state index contributed by atoms with van der Waals surface area (Å²) in [7, 11) is 1.63. The van der Waals surface area contributed by atoms with Crippen LogP contribution < -0.4 is 19.7 Å². The molecule has 5 nitrogen and oxygen atoms in total. The lowest BCUT2D eigenvalue weighted by Gasteiger charge is -2.19. The lowest BCUT2D eigenvalue weighted by Crippen LogP contribution is -2.36. The molecule has 0 radical (unpaired) electrons. The van der Waals surface area contributed by atoms with Gasteiger partial charge in [-0.15, -0.1) is 0 Å². The van der Waals surface area contributed by atoms with Gasteiger partial charge >= 0.3 is 0 Å². The minimum Gasteiger partial charge on any atom is -0.497 e. The van der Waals surface area contributed by atoms with Crippen LogP contribution in [0.15, 0.2) is 72.8 Å². The van der Waals surface area contributed by atoms with Crippen LogP contribution in [-0.2, 0) is 13.0 Å². The number of rotatable bonds is 8. The zero-order valence-corrected chi connectivity index (χ0v) is 18.0. The second kappa shape index (κ2) is 9.56. The maximum atomic E-state index is 12.6. The van der Waals surface area contributed by atoms with Crippen LogP contribution in [0.25, 0.3) is 0 Å². The third-order valence-electron chi connectivity index (χ3n) is 5.51.